The van der Waals surface area contributed by atoms with Crippen LogP contribution in [0, 0.1) is 5.92 Å². The van der Waals surface area contributed by atoms with Gasteiger partial charge in [-0.05, 0) is 35.4 Å². The molecule has 8 rings (SSSR count). The number of fused-ring (bicyclic) bond motifs is 12. The topological polar surface area (TPSA) is 38.7 Å². The number of para-hydroxylation sites is 3. The molecule has 4 unspecified atom stereocenters. The minimum absolute atomic E-state index is 0.0773. The van der Waals surface area contributed by atoms with Crippen LogP contribution in [0.25, 0.3) is 5.57 Å². The Morgan fingerprint density at radius 3 is 2.18 bits per heavy atom. The number of aromatic nitrogens is 2. The van der Waals surface area contributed by atoms with E-state index in [0.717, 1.165) is 34.1 Å². The highest BCUT2D eigenvalue weighted by atomic mass is 15.5. The fourth-order valence-corrected chi connectivity index (χ4v) is 7.32. The Morgan fingerprint density at radius 1 is 0.737 bits per heavy atom. The van der Waals surface area contributed by atoms with Crippen LogP contribution in [0.4, 0.5) is 28.7 Å². The average molecular weight is 497 g/mol. The lowest BCUT2D eigenvalue weighted by Crippen LogP contribution is -2.63. The normalized spacial score (nSPS) is 26.3. The summed E-state index contributed by atoms with van der Waals surface area (Å²) in [5.41, 5.74) is 6.69. The van der Waals surface area contributed by atoms with Gasteiger partial charge in [0.25, 0.3) is 0 Å². The van der Waals surface area contributed by atoms with Gasteiger partial charge in [-0.1, -0.05) is 68.1 Å². The first-order chi connectivity index (χ1) is 18.6. The van der Waals surface area contributed by atoms with Crippen LogP contribution in [-0.2, 0) is 5.41 Å². The molecule has 5 heterocycles. The van der Waals surface area contributed by atoms with Gasteiger partial charge >= 0.3 is 0 Å². The van der Waals surface area contributed by atoms with Crippen molar-refractivity contribution in [1.29, 1.82) is 0 Å². The second kappa shape index (κ2) is 7.48. The van der Waals surface area contributed by atoms with Gasteiger partial charge in [0.05, 0.1) is 11.6 Å². The van der Waals surface area contributed by atoms with E-state index in [9.17, 15) is 0 Å². The summed E-state index contributed by atoms with van der Waals surface area (Å²) in [7, 11) is 2.19. The van der Waals surface area contributed by atoms with Crippen LogP contribution in [0.5, 0.6) is 0 Å². The summed E-state index contributed by atoms with van der Waals surface area (Å²) in [6.07, 6.45) is 8.01. The van der Waals surface area contributed by atoms with Gasteiger partial charge < -0.3 is 19.6 Å². The SMILES string of the molecule is C=C1c2ccccc2N2c3nccnc3N(c3ccccc3)C2C2C3N(C)C=CN3c3ccccc3C12C. The summed E-state index contributed by atoms with van der Waals surface area (Å²) < 4.78 is 0. The van der Waals surface area contributed by atoms with Crippen molar-refractivity contribution in [3.05, 3.63) is 121 Å². The van der Waals surface area contributed by atoms with Gasteiger partial charge in [0, 0.05) is 54.2 Å². The zero-order valence-electron chi connectivity index (χ0n) is 21.4. The summed E-state index contributed by atoms with van der Waals surface area (Å²) in [6.45, 7) is 7.25. The molecule has 0 spiro atoms. The van der Waals surface area contributed by atoms with Gasteiger partial charge in [0.2, 0.25) is 0 Å². The first-order valence-corrected chi connectivity index (χ1v) is 13.1. The van der Waals surface area contributed by atoms with Crippen LogP contribution in [0.1, 0.15) is 18.1 Å². The quantitative estimate of drug-likeness (QED) is 0.310. The maximum atomic E-state index is 4.94. The zero-order chi connectivity index (χ0) is 25.6. The fourth-order valence-electron chi connectivity index (χ4n) is 7.32. The highest BCUT2D eigenvalue weighted by Crippen LogP contribution is 2.62. The molecule has 4 atom stereocenters. The number of nitrogens with zero attached hydrogens (tertiary/aromatic N) is 6. The van der Waals surface area contributed by atoms with Gasteiger partial charge in [-0.15, -0.1) is 0 Å². The van der Waals surface area contributed by atoms with Crippen LogP contribution < -0.4 is 14.7 Å². The van der Waals surface area contributed by atoms with Gasteiger partial charge in [0.1, 0.15) is 12.3 Å². The van der Waals surface area contributed by atoms with E-state index in [1.54, 1.807) is 12.4 Å². The second-order valence-corrected chi connectivity index (χ2v) is 10.7. The largest absolute Gasteiger partial charge is 0.358 e. The molecule has 0 bridgehead atoms. The molecule has 0 aliphatic carbocycles. The van der Waals surface area contributed by atoms with Gasteiger partial charge in [-0.25, -0.2) is 9.97 Å². The van der Waals surface area contributed by atoms with E-state index >= 15 is 0 Å². The third-order valence-corrected chi connectivity index (χ3v) is 9.01. The first kappa shape index (κ1) is 21.5. The number of benzene rings is 3. The van der Waals surface area contributed by atoms with E-state index in [-0.39, 0.29) is 23.7 Å². The number of hydrogen-bond donors (Lipinski definition) is 0. The summed E-state index contributed by atoms with van der Waals surface area (Å²) >= 11 is 0. The van der Waals surface area contributed by atoms with Crippen LogP contribution in [0.15, 0.2) is 110 Å². The Hall–Kier alpha value is -4.58. The Bertz CT molecular complexity index is 1630. The summed E-state index contributed by atoms with van der Waals surface area (Å²) in [5, 5.41) is 0. The molecular weight excluding hydrogens is 468 g/mol. The van der Waals surface area contributed by atoms with Crippen molar-refractivity contribution in [2.45, 2.75) is 24.7 Å². The molecule has 0 amide bonds. The van der Waals surface area contributed by atoms with E-state index in [1.165, 1.54) is 11.3 Å². The Morgan fingerprint density at radius 2 is 1.39 bits per heavy atom. The van der Waals surface area contributed by atoms with Crippen LogP contribution in [0.3, 0.4) is 0 Å². The molecule has 4 aliphatic heterocycles. The molecular formula is C32H28N6. The fraction of sp³-hybridized carbons (Fsp3) is 0.188. The Labute approximate surface area is 222 Å². The van der Waals surface area contributed by atoms with Crippen molar-refractivity contribution in [3.8, 4) is 0 Å². The van der Waals surface area contributed by atoms with Crippen molar-refractivity contribution < 1.29 is 0 Å². The maximum Gasteiger partial charge on any atom is 0.178 e. The van der Waals surface area contributed by atoms with Crippen LogP contribution in [0.2, 0.25) is 0 Å². The Balaban J connectivity index is 1.50. The molecule has 6 nitrogen and oxygen atoms in total. The van der Waals surface area contributed by atoms with E-state index in [4.69, 9.17) is 16.5 Å². The summed E-state index contributed by atoms with van der Waals surface area (Å²) in [4.78, 5) is 19.5. The highest BCUT2D eigenvalue weighted by Gasteiger charge is 2.62. The number of hydrogen-bond acceptors (Lipinski definition) is 6. The maximum absolute atomic E-state index is 4.94. The minimum atomic E-state index is -0.372. The number of rotatable bonds is 1. The molecule has 4 aliphatic rings. The molecule has 0 saturated heterocycles. The molecule has 186 valence electrons. The minimum Gasteiger partial charge on any atom is -0.358 e. The molecule has 0 radical (unpaired) electrons. The van der Waals surface area contributed by atoms with Crippen molar-refractivity contribution in [2.75, 3.05) is 21.7 Å². The predicted octanol–water partition coefficient (Wildman–Crippen LogP) is 6.26. The van der Waals surface area contributed by atoms with Crippen molar-refractivity contribution >= 4 is 34.3 Å². The standard InChI is InChI=1S/C32H28N6/c1-21-23-13-7-9-15-25(23)38-29-28(33-17-18-34-29)37(22-11-5-4-6-12-22)31(38)27-30-35(3)19-20-36(30)26-16-10-8-14-24(26)32(21,27)2/h4-20,27,30-31H,1H2,2-3H3. The van der Waals surface area contributed by atoms with Crippen molar-refractivity contribution in [3.63, 3.8) is 0 Å². The molecule has 0 fully saturated rings. The lowest BCUT2D eigenvalue weighted by atomic mass is 9.61. The monoisotopic (exact) mass is 496 g/mol. The molecule has 3 aromatic carbocycles. The summed E-state index contributed by atoms with van der Waals surface area (Å²) in [5.74, 6) is 1.84. The van der Waals surface area contributed by atoms with E-state index in [0.29, 0.717) is 0 Å². The first-order valence-electron chi connectivity index (χ1n) is 13.1. The molecule has 1 aromatic heterocycles. The highest BCUT2D eigenvalue weighted by molar-refractivity contribution is 5.93. The third kappa shape index (κ3) is 2.52. The number of anilines is 5. The predicted molar refractivity (Wildman–Crippen MR) is 152 cm³/mol. The molecule has 38 heavy (non-hydrogen) atoms. The lowest BCUT2D eigenvalue weighted by Gasteiger charge is -2.55. The van der Waals surface area contributed by atoms with Gasteiger partial charge in [-0.3, -0.25) is 0 Å². The molecule has 0 saturated carbocycles. The Kier molecular flexibility index (Phi) is 4.23. The summed E-state index contributed by atoms with van der Waals surface area (Å²) in [6, 6.07) is 28.1. The van der Waals surface area contributed by atoms with Crippen LogP contribution in [-0.4, -0.2) is 34.2 Å². The molecule has 0 N–H and O–H groups in total. The van der Waals surface area contributed by atoms with Crippen LogP contribution >= 0.6 is 0 Å². The van der Waals surface area contributed by atoms with E-state index in [1.807, 2.05) is 0 Å². The van der Waals surface area contributed by atoms with Crippen molar-refractivity contribution in [1.82, 2.24) is 14.9 Å². The van der Waals surface area contributed by atoms with E-state index < -0.39 is 0 Å². The van der Waals surface area contributed by atoms with Gasteiger partial charge in [-0.2, -0.15) is 0 Å². The van der Waals surface area contributed by atoms with E-state index in [2.05, 4.69) is 125 Å². The molecule has 4 aromatic rings. The number of allylic oxidation sites excluding steroid dienone is 1. The van der Waals surface area contributed by atoms with Crippen molar-refractivity contribution in [2.24, 2.45) is 5.92 Å². The zero-order valence-corrected chi connectivity index (χ0v) is 21.4. The van der Waals surface area contributed by atoms with Gasteiger partial charge in [0.15, 0.2) is 11.6 Å². The average Bonchev–Trinajstić information content (AvgIpc) is 3.49. The molecule has 6 heteroatoms. The third-order valence-electron chi connectivity index (χ3n) is 9.01. The lowest BCUT2D eigenvalue weighted by molar-refractivity contribution is 0.164. The smallest absolute Gasteiger partial charge is 0.178 e. The second-order valence-electron chi connectivity index (χ2n) is 10.7.